The maximum atomic E-state index is 13.1. The Labute approximate surface area is 116 Å². The third kappa shape index (κ3) is 5.56. The lowest BCUT2D eigenvalue weighted by Gasteiger charge is -2.23. The maximum Gasteiger partial charge on any atom is 0.123 e. The summed E-state index contributed by atoms with van der Waals surface area (Å²) in [6, 6.07) is 4.96. The molecule has 2 heteroatoms. The highest BCUT2D eigenvalue weighted by Crippen LogP contribution is 2.18. The molecular weight excluding hydrogens is 237 g/mol. The summed E-state index contributed by atoms with van der Waals surface area (Å²) in [4.78, 5) is 0. The van der Waals surface area contributed by atoms with E-state index in [9.17, 15) is 4.39 Å². The number of benzene rings is 1. The molecule has 106 valence electrons. The van der Waals surface area contributed by atoms with Gasteiger partial charge in [0.25, 0.3) is 0 Å². The van der Waals surface area contributed by atoms with E-state index >= 15 is 0 Å². The van der Waals surface area contributed by atoms with Crippen LogP contribution in [-0.2, 0) is 0 Å². The summed E-state index contributed by atoms with van der Waals surface area (Å²) in [5.41, 5.74) is 3.52. The zero-order valence-corrected chi connectivity index (χ0v) is 13.0. The van der Waals surface area contributed by atoms with Gasteiger partial charge in [0.15, 0.2) is 0 Å². The van der Waals surface area contributed by atoms with Crippen molar-refractivity contribution in [2.75, 3.05) is 6.54 Å². The van der Waals surface area contributed by atoms with Crippen molar-refractivity contribution in [1.82, 2.24) is 5.32 Å². The number of hydrogen-bond donors (Lipinski definition) is 1. The Morgan fingerprint density at radius 2 is 1.95 bits per heavy atom. The minimum absolute atomic E-state index is 0.103. The van der Waals surface area contributed by atoms with Gasteiger partial charge in [0.1, 0.15) is 5.82 Å². The van der Waals surface area contributed by atoms with Crippen LogP contribution in [0.15, 0.2) is 23.8 Å². The number of rotatable bonds is 4. The van der Waals surface area contributed by atoms with Crippen LogP contribution in [0, 0.1) is 18.7 Å². The average Bonchev–Trinajstić information content (AvgIpc) is 2.24. The summed E-state index contributed by atoms with van der Waals surface area (Å²) in [6.07, 6.45) is 2.18. The molecule has 1 aromatic carbocycles. The first kappa shape index (κ1) is 15.9. The van der Waals surface area contributed by atoms with Crippen molar-refractivity contribution in [3.8, 4) is 0 Å². The van der Waals surface area contributed by atoms with Crippen LogP contribution in [0.1, 0.15) is 45.7 Å². The van der Waals surface area contributed by atoms with Crippen LogP contribution in [0.5, 0.6) is 0 Å². The quantitative estimate of drug-likeness (QED) is 0.839. The van der Waals surface area contributed by atoms with Crippen LogP contribution in [0.25, 0.3) is 6.08 Å². The molecule has 0 unspecified atom stereocenters. The van der Waals surface area contributed by atoms with Gasteiger partial charge in [-0.2, -0.15) is 0 Å². The number of hydrogen-bond acceptors (Lipinski definition) is 1. The van der Waals surface area contributed by atoms with Crippen LogP contribution < -0.4 is 5.32 Å². The zero-order chi connectivity index (χ0) is 14.6. The Kier molecular flexibility index (Phi) is 5.30. The Bertz CT molecular complexity index is 453. The fourth-order valence-electron chi connectivity index (χ4n) is 1.79. The second-order valence-corrected chi connectivity index (χ2v) is 6.48. The van der Waals surface area contributed by atoms with E-state index in [-0.39, 0.29) is 11.4 Å². The topological polar surface area (TPSA) is 12.0 Å². The molecule has 1 rings (SSSR count). The van der Waals surface area contributed by atoms with Crippen molar-refractivity contribution in [2.45, 2.75) is 47.1 Å². The van der Waals surface area contributed by atoms with Crippen molar-refractivity contribution in [3.05, 3.63) is 40.7 Å². The van der Waals surface area contributed by atoms with Crippen LogP contribution in [-0.4, -0.2) is 12.1 Å². The second kappa shape index (κ2) is 6.33. The fraction of sp³-hybridized carbons (Fsp3) is 0.529. The number of halogens is 1. The Morgan fingerprint density at radius 3 is 2.42 bits per heavy atom. The van der Waals surface area contributed by atoms with Gasteiger partial charge in [-0.3, -0.25) is 0 Å². The van der Waals surface area contributed by atoms with Gasteiger partial charge >= 0.3 is 0 Å². The van der Waals surface area contributed by atoms with Crippen LogP contribution in [0.4, 0.5) is 4.39 Å². The first-order chi connectivity index (χ1) is 8.69. The van der Waals surface area contributed by atoms with Crippen molar-refractivity contribution in [1.29, 1.82) is 0 Å². The number of aryl methyl sites for hydroxylation is 1. The van der Waals surface area contributed by atoms with Crippen molar-refractivity contribution in [2.24, 2.45) is 5.92 Å². The first-order valence-electron chi connectivity index (χ1n) is 6.90. The van der Waals surface area contributed by atoms with Crippen LogP contribution in [0.3, 0.4) is 0 Å². The second-order valence-electron chi connectivity index (χ2n) is 6.48. The molecule has 0 radical (unpaired) electrons. The van der Waals surface area contributed by atoms with E-state index in [1.807, 2.05) is 13.0 Å². The lowest BCUT2D eigenvalue weighted by molar-refractivity contribution is 0.437. The molecule has 0 aliphatic heterocycles. The molecule has 1 nitrogen and oxygen atoms in total. The molecule has 0 amide bonds. The summed E-state index contributed by atoms with van der Waals surface area (Å²) in [6.45, 7) is 13.7. The van der Waals surface area contributed by atoms with E-state index in [0.29, 0.717) is 5.92 Å². The van der Waals surface area contributed by atoms with Gasteiger partial charge < -0.3 is 5.32 Å². The smallest absolute Gasteiger partial charge is 0.123 e. The SMILES string of the molecule is Cc1cc(F)ccc1C=C(CNC(C)(C)C)C(C)C. The predicted molar refractivity (Wildman–Crippen MR) is 81.7 cm³/mol. The standard InChI is InChI=1S/C17H26FN/c1-12(2)15(11-19-17(4,5)6)10-14-7-8-16(18)9-13(14)3/h7-10,12,19H,11H2,1-6H3. The molecular formula is C17H26FN. The third-order valence-electron chi connectivity index (χ3n) is 3.14. The molecule has 0 atom stereocenters. The Balaban J connectivity index is 2.95. The van der Waals surface area contributed by atoms with E-state index < -0.39 is 0 Å². The van der Waals surface area contributed by atoms with Gasteiger partial charge in [-0.15, -0.1) is 0 Å². The molecule has 0 bridgehead atoms. The lowest BCUT2D eigenvalue weighted by Crippen LogP contribution is -2.37. The minimum atomic E-state index is -0.173. The highest BCUT2D eigenvalue weighted by atomic mass is 19.1. The van der Waals surface area contributed by atoms with E-state index in [4.69, 9.17) is 0 Å². The van der Waals surface area contributed by atoms with Gasteiger partial charge in [-0.25, -0.2) is 4.39 Å². The summed E-state index contributed by atoms with van der Waals surface area (Å²) in [5, 5.41) is 3.51. The number of nitrogens with one attached hydrogen (secondary N) is 1. The molecule has 0 aliphatic rings. The van der Waals surface area contributed by atoms with E-state index in [0.717, 1.165) is 17.7 Å². The highest BCUT2D eigenvalue weighted by Gasteiger charge is 2.11. The lowest BCUT2D eigenvalue weighted by atomic mass is 9.97. The molecule has 0 spiro atoms. The van der Waals surface area contributed by atoms with E-state index in [1.54, 1.807) is 6.07 Å². The maximum absolute atomic E-state index is 13.1. The van der Waals surface area contributed by atoms with Crippen LogP contribution >= 0.6 is 0 Å². The molecule has 0 heterocycles. The highest BCUT2D eigenvalue weighted by molar-refractivity contribution is 5.57. The average molecular weight is 263 g/mol. The molecule has 0 saturated heterocycles. The molecule has 0 aromatic heterocycles. The van der Waals surface area contributed by atoms with Crippen molar-refractivity contribution in [3.63, 3.8) is 0 Å². The summed E-state index contributed by atoms with van der Waals surface area (Å²) < 4.78 is 13.1. The molecule has 0 fully saturated rings. The van der Waals surface area contributed by atoms with Crippen molar-refractivity contribution >= 4 is 6.08 Å². The molecule has 0 saturated carbocycles. The first-order valence-corrected chi connectivity index (χ1v) is 6.90. The van der Waals surface area contributed by atoms with E-state index in [1.165, 1.54) is 11.6 Å². The summed E-state index contributed by atoms with van der Waals surface area (Å²) in [7, 11) is 0. The van der Waals surface area contributed by atoms with Crippen molar-refractivity contribution < 1.29 is 4.39 Å². The largest absolute Gasteiger partial charge is 0.308 e. The Morgan fingerprint density at radius 1 is 1.32 bits per heavy atom. The van der Waals surface area contributed by atoms with Crippen LogP contribution in [0.2, 0.25) is 0 Å². The minimum Gasteiger partial charge on any atom is -0.308 e. The van der Waals surface area contributed by atoms with Gasteiger partial charge in [0.05, 0.1) is 0 Å². The van der Waals surface area contributed by atoms with Gasteiger partial charge in [-0.1, -0.05) is 31.6 Å². The third-order valence-corrected chi connectivity index (χ3v) is 3.14. The van der Waals surface area contributed by atoms with Gasteiger partial charge in [-0.05, 0) is 56.9 Å². The molecule has 19 heavy (non-hydrogen) atoms. The summed E-state index contributed by atoms with van der Waals surface area (Å²) >= 11 is 0. The molecule has 1 aromatic rings. The monoisotopic (exact) mass is 263 g/mol. The normalized spacial score (nSPS) is 13.2. The van der Waals surface area contributed by atoms with Gasteiger partial charge in [0, 0.05) is 12.1 Å². The molecule has 0 aliphatic carbocycles. The Hall–Kier alpha value is -1.15. The fourth-order valence-corrected chi connectivity index (χ4v) is 1.79. The van der Waals surface area contributed by atoms with E-state index in [2.05, 4.69) is 46.0 Å². The molecule has 1 N–H and O–H groups in total. The summed E-state index contributed by atoms with van der Waals surface area (Å²) in [5.74, 6) is 0.299. The van der Waals surface area contributed by atoms with Gasteiger partial charge in [0.2, 0.25) is 0 Å². The predicted octanol–water partition coefficient (Wildman–Crippen LogP) is 4.56. The zero-order valence-electron chi connectivity index (χ0n) is 13.0.